The lowest BCUT2D eigenvalue weighted by Crippen LogP contribution is -2.26. The highest BCUT2D eigenvalue weighted by Crippen LogP contribution is 2.24. The molecule has 0 amide bonds. The van der Waals surface area contributed by atoms with Gasteiger partial charge in [-0.2, -0.15) is 0 Å². The fourth-order valence-corrected chi connectivity index (χ4v) is 2.85. The molecule has 1 heterocycles. The van der Waals surface area contributed by atoms with Crippen LogP contribution in [-0.2, 0) is 19.3 Å². The summed E-state index contributed by atoms with van der Waals surface area (Å²) < 4.78 is 0. The first-order chi connectivity index (χ1) is 9.78. The quantitative estimate of drug-likeness (QED) is 0.472. The third kappa shape index (κ3) is 3.67. The molecule has 1 aliphatic carbocycles. The second-order valence-corrected chi connectivity index (χ2v) is 5.40. The Labute approximate surface area is 121 Å². The number of likely N-dealkylation sites (N-methyl/N-ethyl adjacent to an activating group) is 1. The molecule has 3 N–H and O–H groups in total. The molecule has 20 heavy (non-hydrogen) atoms. The summed E-state index contributed by atoms with van der Waals surface area (Å²) in [5.74, 6) is 7.41. The van der Waals surface area contributed by atoms with Crippen LogP contribution >= 0.6 is 0 Å². The molecule has 0 unspecified atom stereocenters. The van der Waals surface area contributed by atoms with Crippen molar-refractivity contribution < 1.29 is 0 Å². The van der Waals surface area contributed by atoms with Crippen LogP contribution in [0.15, 0.2) is 0 Å². The van der Waals surface area contributed by atoms with Gasteiger partial charge in [0.2, 0.25) is 0 Å². The van der Waals surface area contributed by atoms with E-state index in [-0.39, 0.29) is 0 Å². The number of fused-ring (bicyclic) bond motifs is 1. The summed E-state index contributed by atoms with van der Waals surface area (Å²) in [5, 5.41) is 0. The van der Waals surface area contributed by atoms with E-state index in [1.807, 2.05) is 0 Å². The van der Waals surface area contributed by atoms with Gasteiger partial charge in [0.1, 0.15) is 11.6 Å². The van der Waals surface area contributed by atoms with Gasteiger partial charge in [-0.25, -0.2) is 15.8 Å². The van der Waals surface area contributed by atoms with Crippen LogP contribution in [0.4, 0.5) is 5.82 Å². The fourth-order valence-electron chi connectivity index (χ4n) is 2.85. The summed E-state index contributed by atoms with van der Waals surface area (Å²) >= 11 is 0. The van der Waals surface area contributed by atoms with E-state index in [1.165, 1.54) is 30.5 Å². The number of rotatable bonds is 6. The molecule has 1 aromatic rings. The molecule has 112 valence electrons. The van der Waals surface area contributed by atoms with Gasteiger partial charge in [-0.1, -0.05) is 20.3 Å². The smallest absolute Gasteiger partial charge is 0.147 e. The van der Waals surface area contributed by atoms with Crippen molar-refractivity contribution in [1.82, 2.24) is 14.9 Å². The Morgan fingerprint density at radius 3 is 2.55 bits per heavy atom. The highest BCUT2D eigenvalue weighted by Gasteiger charge is 2.16. The Balaban J connectivity index is 2.16. The molecule has 5 nitrogen and oxygen atoms in total. The Hall–Kier alpha value is -1.20. The number of nitrogen functional groups attached to an aromatic ring is 1. The van der Waals surface area contributed by atoms with E-state index >= 15 is 0 Å². The maximum Gasteiger partial charge on any atom is 0.147 e. The number of nitrogens with two attached hydrogens (primary N) is 1. The van der Waals surface area contributed by atoms with Crippen LogP contribution in [0.5, 0.6) is 0 Å². The molecule has 5 heteroatoms. The van der Waals surface area contributed by atoms with Crippen molar-refractivity contribution in [2.75, 3.05) is 25.1 Å². The first-order valence-electron chi connectivity index (χ1n) is 7.86. The van der Waals surface area contributed by atoms with Crippen molar-refractivity contribution in [3.05, 3.63) is 17.1 Å². The number of nitrogens with zero attached hydrogens (tertiary/aromatic N) is 3. The van der Waals surface area contributed by atoms with E-state index in [0.717, 1.165) is 50.5 Å². The molecule has 0 aromatic carbocycles. The first-order valence-corrected chi connectivity index (χ1v) is 7.86. The number of hydrogen-bond acceptors (Lipinski definition) is 5. The van der Waals surface area contributed by atoms with Crippen LogP contribution < -0.4 is 11.3 Å². The molecule has 0 fully saturated rings. The summed E-state index contributed by atoms with van der Waals surface area (Å²) in [4.78, 5) is 11.8. The maximum atomic E-state index is 5.65. The average molecular weight is 277 g/mol. The minimum Gasteiger partial charge on any atom is -0.308 e. The number of hydrogen-bond donors (Lipinski definition) is 2. The number of anilines is 1. The summed E-state index contributed by atoms with van der Waals surface area (Å²) in [6, 6.07) is 0. The SMILES string of the molecule is CCN(CC)CCc1nc2c(c(NN)n1)CCCCC2. The van der Waals surface area contributed by atoms with Gasteiger partial charge in [0.25, 0.3) is 0 Å². The molecule has 0 spiro atoms. The molecular weight excluding hydrogens is 250 g/mol. The van der Waals surface area contributed by atoms with Crippen LogP contribution in [0.2, 0.25) is 0 Å². The highest BCUT2D eigenvalue weighted by atomic mass is 15.3. The van der Waals surface area contributed by atoms with Crippen LogP contribution in [0.25, 0.3) is 0 Å². The van der Waals surface area contributed by atoms with Gasteiger partial charge in [0.05, 0.1) is 0 Å². The van der Waals surface area contributed by atoms with Crippen molar-refractivity contribution in [2.24, 2.45) is 5.84 Å². The second kappa shape index (κ2) is 7.55. The van der Waals surface area contributed by atoms with E-state index in [4.69, 9.17) is 10.8 Å². The van der Waals surface area contributed by atoms with Gasteiger partial charge in [-0.3, -0.25) is 0 Å². The number of nitrogens with one attached hydrogen (secondary N) is 1. The van der Waals surface area contributed by atoms with E-state index < -0.39 is 0 Å². The summed E-state index contributed by atoms with van der Waals surface area (Å²) in [7, 11) is 0. The zero-order valence-electron chi connectivity index (χ0n) is 12.8. The first kappa shape index (κ1) is 15.2. The Bertz CT molecular complexity index is 429. The molecule has 1 aliphatic rings. The zero-order chi connectivity index (χ0) is 14.4. The highest BCUT2D eigenvalue weighted by molar-refractivity contribution is 5.46. The molecular formula is C15H27N5. The van der Waals surface area contributed by atoms with E-state index in [0.29, 0.717) is 0 Å². The van der Waals surface area contributed by atoms with Gasteiger partial charge in [0.15, 0.2) is 0 Å². The third-order valence-electron chi connectivity index (χ3n) is 4.16. The topological polar surface area (TPSA) is 67.1 Å². The largest absolute Gasteiger partial charge is 0.308 e. The molecule has 0 aliphatic heterocycles. The van der Waals surface area contributed by atoms with Crippen LogP contribution in [-0.4, -0.2) is 34.5 Å². The predicted octanol–water partition coefficient (Wildman–Crippen LogP) is 1.92. The summed E-state index contributed by atoms with van der Waals surface area (Å²) in [6.07, 6.45) is 6.71. The minimum absolute atomic E-state index is 0.839. The lowest BCUT2D eigenvalue weighted by atomic mass is 10.1. The van der Waals surface area contributed by atoms with Crippen LogP contribution in [0.1, 0.15) is 50.2 Å². The predicted molar refractivity (Wildman–Crippen MR) is 82.6 cm³/mol. The third-order valence-corrected chi connectivity index (χ3v) is 4.16. The zero-order valence-corrected chi connectivity index (χ0v) is 12.8. The number of hydrazine groups is 1. The Kier molecular flexibility index (Phi) is 5.73. The minimum atomic E-state index is 0.839. The molecule has 0 bridgehead atoms. The van der Waals surface area contributed by atoms with E-state index in [9.17, 15) is 0 Å². The van der Waals surface area contributed by atoms with Crippen molar-refractivity contribution in [2.45, 2.75) is 52.4 Å². The monoisotopic (exact) mass is 277 g/mol. The van der Waals surface area contributed by atoms with Crippen molar-refractivity contribution in [1.29, 1.82) is 0 Å². The van der Waals surface area contributed by atoms with Crippen molar-refractivity contribution in [3.8, 4) is 0 Å². The van der Waals surface area contributed by atoms with E-state index in [2.05, 4.69) is 29.2 Å². The molecule has 0 saturated heterocycles. The lowest BCUT2D eigenvalue weighted by Gasteiger charge is -2.18. The second-order valence-electron chi connectivity index (χ2n) is 5.40. The molecule has 0 atom stereocenters. The summed E-state index contributed by atoms with van der Waals surface area (Å²) in [5.41, 5.74) is 5.22. The standard InChI is InChI=1S/C15H27N5/c1-3-20(4-2)11-10-14-17-13-9-7-5-6-8-12(13)15(18-14)19-16/h3-11,16H2,1-2H3,(H,17,18,19). The lowest BCUT2D eigenvalue weighted by molar-refractivity contribution is 0.305. The van der Waals surface area contributed by atoms with Crippen LogP contribution in [0, 0.1) is 0 Å². The summed E-state index contributed by atoms with van der Waals surface area (Å²) in [6.45, 7) is 7.53. The molecule has 0 radical (unpaired) electrons. The van der Waals surface area contributed by atoms with Crippen LogP contribution in [0.3, 0.4) is 0 Å². The van der Waals surface area contributed by atoms with Crippen molar-refractivity contribution in [3.63, 3.8) is 0 Å². The normalized spacial score (nSPS) is 15.0. The Morgan fingerprint density at radius 1 is 1.10 bits per heavy atom. The van der Waals surface area contributed by atoms with Gasteiger partial charge in [-0.05, 0) is 38.8 Å². The average Bonchev–Trinajstić information content (AvgIpc) is 2.72. The van der Waals surface area contributed by atoms with Gasteiger partial charge in [-0.15, -0.1) is 0 Å². The van der Waals surface area contributed by atoms with Gasteiger partial charge >= 0.3 is 0 Å². The molecule has 1 aromatic heterocycles. The van der Waals surface area contributed by atoms with Gasteiger partial charge in [0, 0.05) is 24.2 Å². The fraction of sp³-hybridized carbons (Fsp3) is 0.733. The van der Waals surface area contributed by atoms with E-state index in [1.54, 1.807) is 0 Å². The van der Waals surface area contributed by atoms with Gasteiger partial charge < -0.3 is 10.3 Å². The molecule has 0 saturated carbocycles. The number of aromatic nitrogens is 2. The molecule has 2 rings (SSSR count). The number of aryl methyl sites for hydroxylation is 1. The van der Waals surface area contributed by atoms with Crippen molar-refractivity contribution >= 4 is 5.82 Å². The maximum absolute atomic E-state index is 5.65. The Morgan fingerprint density at radius 2 is 1.85 bits per heavy atom.